The van der Waals surface area contributed by atoms with Gasteiger partial charge in [0.2, 0.25) is 5.91 Å². The first-order valence-corrected chi connectivity index (χ1v) is 7.55. The molecule has 0 aliphatic carbocycles. The van der Waals surface area contributed by atoms with Gasteiger partial charge in [-0.25, -0.2) is 9.59 Å². The number of ether oxygens (including phenoxy) is 1. The first kappa shape index (κ1) is 18.3. The molecular formula is C15H26N2O5. The predicted molar refractivity (Wildman–Crippen MR) is 80.4 cm³/mol. The summed E-state index contributed by atoms with van der Waals surface area (Å²) in [6.07, 6.45) is 0.660. The fourth-order valence-corrected chi connectivity index (χ4v) is 2.34. The van der Waals surface area contributed by atoms with Crippen molar-refractivity contribution in [1.29, 1.82) is 0 Å². The van der Waals surface area contributed by atoms with Gasteiger partial charge in [-0.1, -0.05) is 13.8 Å². The zero-order chi connectivity index (χ0) is 17.1. The summed E-state index contributed by atoms with van der Waals surface area (Å²) in [6.45, 7) is 9.16. The van der Waals surface area contributed by atoms with Crippen LogP contribution in [0.1, 0.15) is 47.5 Å². The van der Waals surface area contributed by atoms with E-state index in [0.717, 1.165) is 0 Å². The maximum absolute atomic E-state index is 12.3. The molecule has 0 saturated carbocycles. The third kappa shape index (κ3) is 4.89. The first-order chi connectivity index (χ1) is 10.0. The Bertz CT molecular complexity index is 442. The van der Waals surface area contributed by atoms with Gasteiger partial charge in [-0.2, -0.15) is 0 Å². The van der Waals surface area contributed by atoms with Crippen molar-refractivity contribution in [2.24, 2.45) is 5.92 Å². The lowest BCUT2D eigenvalue weighted by molar-refractivity contribution is -0.143. The van der Waals surface area contributed by atoms with E-state index in [1.807, 2.05) is 0 Å². The third-order valence-electron chi connectivity index (χ3n) is 3.41. The smallest absolute Gasteiger partial charge is 0.410 e. The molecule has 1 saturated heterocycles. The van der Waals surface area contributed by atoms with E-state index in [2.05, 4.69) is 5.32 Å². The second kappa shape index (κ2) is 6.98. The van der Waals surface area contributed by atoms with Crippen molar-refractivity contribution in [3.8, 4) is 0 Å². The second-order valence-corrected chi connectivity index (χ2v) is 6.90. The van der Waals surface area contributed by atoms with Gasteiger partial charge in [0.25, 0.3) is 0 Å². The van der Waals surface area contributed by atoms with Crippen LogP contribution < -0.4 is 5.32 Å². The highest BCUT2D eigenvalue weighted by Gasteiger charge is 2.38. The molecule has 126 valence electrons. The molecule has 1 rings (SSSR count). The summed E-state index contributed by atoms with van der Waals surface area (Å²) >= 11 is 0. The topological polar surface area (TPSA) is 95.9 Å². The largest absolute Gasteiger partial charge is 0.480 e. The van der Waals surface area contributed by atoms with Crippen molar-refractivity contribution in [2.45, 2.75) is 65.1 Å². The molecule has 22 heavy (non-hydrogen) atoms. The van der Waals surface area contributed by atoms with Crippen LogP contribution in [-0.2, 0) is 14.3 Å². The average Bonchev–Trinajstić information content (AvgIpc) is 2.81. The number of amides is 2. The van der Waals surface area contributed by atoms with Gasteiger partial charge in [-0.05, 0) is 39.5 Å². The molecule has 0 bridgehead atoms. The van der Waals surface area contributed by atoms with Crippen LogP contribution in [0.4, 0.5) is 4.79 Å². The second-order valence-electron chi connectivity index (χ2n) is 6.90. The number of nitrogens with one attached hydrogen (secondary N) is 1. The summed E-state index contributed by atoms with van der Waals surface area (Å²) in [6, 6.07) is -1.64. The van der Waals surface area contributed by atoms with Crippen molar-refractivity contribution in [1.82, 2.24) is 10.2 Å². The average molecular weight is 314 g/mol. The number of nitrogens with zero attached hydrogens (tertiary/aromatic N) is 1. The van der Waals surface area contributed by atoms with Crippen LogP contribution in [0.2, 0.25) is 0 Å². The Balaban J connectivity index is 2.75. The number of carbonyl (C=O) groups excluding carboxylic acids is 2. The molecule has 1 unspecified atom stereocenters. The van der Waals surface area contributed by atoms with Crippen LogP contribution in [-0.4, -0.2) is 52.2 Å². The Morgan fingerprint density at radius 1 is 1.27 bits per heavy atom. The molecule has 0 aromatic rings. The lowest BCUT2D eigenvalue weighted by atomic mass is 10.0. The van der Waals surface area contributed by atoms with Crippen molar-refractivity contribution in [3.05, 3.63) is 0 Å². The van der Waals surface area contributed by atoms with E-state index in [-0.39, 0.29) is 5.92 Å². The summed E-state index contributed by atoms with van der Waals surface area (Å²) in [7, 11) is 0. The Hall–Kier alpha value is -1.79. The van der Waals surface area contributed by atoms with Crippen LogP contribution in [0.15, 0.2) is 0 Å². The van der Waals surface area contributed by atoms with Gasteiger partial charge < -0.3 is 15.2 Å². The van der Waals surface area contributed by atoms with E-state index in [9.17, 15) is 14.4 Å². The number of hydrogen-bond donors (Lipinski definition) is 2. The number of aliphatic carboxylic acids is 1. The SMILES string of the molecule is CC(C)C(NC(=O)[C@@H]1CCCN1C(=O)OC(C)(C)C)C(=O)O. The van der Waals surface area contributed by atoms with Crippen molar-refractivity contribution >= 4 is 18.0 Å². The molecule has 7 heteroatoms. The zero-order valence-electron chi connectivity index (χ0n) is 13.9. The van der Waals surface area contributed by atoms with Crippen LogP contribution >= 0.6 is 0 Å². The Morgan fingerprint density at radius 2 is 1.86 bits per heavy atom. The Kier molecular flexibility index (Phi) is 5.79. The number of hydrogen-bond acceptors (Lipinski definition) is 4. The maximum Gasteiger partial charge on any atom is 0.410 e. The van der Waals surface area contributed by atoms with Crippen LogP contribution in [0.25, 0.3) is 0 Å². The zero-order valence-corrected chi connectivity index (χ0v) is 13.9. The highest BCUT2D eigenvalue weighted by molar-refractivity contribution is 5.89. The van der Waals surface area contributed by atoms with E-state index in [0.29, 0.717) is 19.4 Å². The van der Waals surface area contributed by atoms with Gasteiger partial charge in [-0.15, -0.1) is 0 Å². The summed E-state index contributed by atoms with van der Waals surface area (Å²) in [5.74, 6) is -1.76. The number of carboxylic acid groups (broad SMARTS) is 1. The van der Waals surface area contributed by atoms with E-state index in [1.165, 1.54) is 4.90 Å². The molecular weight excluding hydrogens is 288 g/mol. The molecule has 1 fully saturated rings. The monoisotopic (exact) mass is 314 g/mol. The fraction of sp³-hybridized carbons (Fsp3) is 0.800. The molecule has 1 aliphatic heterocycles. The van der Waals surface area contributed by atoms with Crippen molar-refractivity contribution in [2.75, 3.05) is 6.54 Å². The molecule has 0 spiro atoms. The number of rotatable bonds is 4. The quantitative estimate of drug-likeness (QED) is 0.822. The molecule has 7 nitrogen and oxygen atoms in total. The van der Waals surface area contributed by atoms with Gasteiger partial charge >= 0.3 is 12.1 Å². The number of likely N-dealkylation sites (tertiary alicyclic amines) is 1. The van der Waals surface area contributed by atoms with E-state index in [1.54, 1.807) is 34.6 Å². The normalized spacial score (nSPS) is 19.9. The van der Waals surface area contributed by atoms with E-state index >= 15 is 0 Å². The van der Waals surface area contributed by atoms with Gasteiger partial charge in [0.05, 0.1) is 0 Å². The minimum atomic E-state index is -1.08. The third-order valence-corrected chi connectivity index (χ3v) is 3.41. The molecule has 2 N–H and O–H groups in total. The van der Waals surface area contributed by atoms with E-state index < -0.39 is 35.7 Å². The molecule has 0 aromatic heterocycles. The molecule has 0 aromatic carbocycles. The van der Waals surface area contributed by atoms with Crippen LogP contribution in [0.3, 0.4) is 0 Å². The van der Waals surface area contributed by atoms with Crippen LogP contribution in [0, 0.1) is 5.92 Å². The van der Waals surface area contributed by atoms with Gasteiger partial charge in [-0.3, -0.25) is 9.69 Å². The van der Waals surface area contributed by atoms with E-state index in [4.69, 9.17) is 9.84 Å². The lowest BCUT2D eigenvalue weighted by Crippen LogP contribution is -2.53. The van der Waals surface area contributed by atoms with Crippen molar-refractivity contribution in [3.63, 3.8) is 0 Å². The molecule has 0 radical (unpaired) electrons. The number of carboxylic acids is 1. The highest BCUT2D eigenvalue weighted by Crippen LogP contribution is 2.21. The predicted octanol–water partition coefficient (Wildman–Crippen LogP) is 1.61. The highest BCUT2D eigenvalue weighted by atomic mass is 16.6. The standard InChI is InChI=1S/C15H26N2O5/c1-9(2)11(13(19)20)16-12(18)10-7-6-8-17(10)14(21)22-15(3,4)5/h9-11H,6-8H2,1-5H3,(H,16,18)(H,19,20)/t10-,11?/m0/s1. The van der Waals surface area contributed by atoms with Crippen LogP contribution in [0.5, 0.6) is 0 Å². The maximum atomic E-state index is 12.3. The lowest BCUT2D eigenvalue weighted by Gasteiger charge is -2.29. The molecule has 1 aliphatic rings. The first-order valence-electron chi connectivity index (χ1n) is 7.55. The summed E-state index contributed by atoms with van der Waals surface area (Å²) in [4.78, 5) is 37.0. The molecule has 2 atom stereocenters. The fourth-order valence-electron chi connectivity index (χ4n) is 2.34. The summed E-state index contributed by atoms with van der Waals surface area (Å²) in [5.41, 5.74) is -0.637. The van der Waals surface area contributed by atoms with Gasteiger partial charge in [0, 0.05) is 6.54 Å². The minimum Gasteiger partial charge on any atom is -0.480 e. The van der Waals surface area contributed by atoms with Gasteiger partial charge in [0.1, 0.15) is 17.7 Å². The van der Waals surface area contributed by atoms with Gasteiger partial charge in [0.15, 0.2) is 0 Å². The minimum absolute atomic E-state index is 0.238. The molecule has 1 heterocycles. The Morgan fingerprint density at radius 3 is 2.32 bits per heavy atom. The molecule has 2 amide bonds. The summed E-state index contributed by atoms with van der Waals surface area (Å²) < 4.78 is 5.29. The number of carbonyl (C=O) groups is 3. The summed E-state index contributed by atoms with van der Waals surface area (Å²) in [5, 5.41) is 11.7. The Labute approximate surface area is 131 Å². The van der Waals surface area contributed by atoms with Crippen molar-refractivity contribution < 1.29 is 24.2 Å².